The summed E-state index contributed by atoms with van der Waals surface area (Å²) in [5, 5.41) is 8.74. The van der Waals surface area contributed by atoms with Gasteiger partial charge in [0.05, 0.1) is 0 Å². The molecule has 2 aliphatic heterocycles. The third-order valence-corrected chi connectivity index (χ3v) is 6.32. The van der Waals surface area contributed by atoms with Gasteiger partial charge in [0.25, 0.3) is 5.91 Å². The largest absolute Gasteiger partial charge is 0.306 e. The van der Waals surface area contributed by atoms with E-state index < -0.39 is 5.91 Å². The minimum absolute atomic E-state index is 0.180. The number of amides is 1. The first-order valence-electron chi connectivity index (χ1n) is 8.71. The van der Waals surface area contributed by atoms with Gasteiger partial charge in [0, 0.05) is 36.8 Å². The van der Waals surface area contributed by atoms with E-state index in [4.69, 9.17) is 5.21 Å². The van der Waals surface area contributed by atoms with Crippen LogP contribution in [0.1, 0.15) is 40.7 Å². The average molecular weight is 333 g/mol. The highest BCUT2D eigenvalue weighted by atomic mass is 19.1. The number of nitrogens with zero attached hydrogens (tertiary/aromatic N) is 2. The molecule has 130 valence electrons. The third kappa shape index (κ3) is 2.44. The molecule has 1 saturated heterocycles. The highest BCUT2D eigenvalue weighted by Crippen LogP contribution is 2.51. The maximum Gasteiger partial charge on any atom is 0.274 e. The number of fused-ring (bicyclic) bond motifs is 1. The molecule has 2 fully saturated rings. The van der Waals surface area contributed by atoms with Gasteiger partial charge >= 0.3 is 0 Å². The summed E-state index contributed by atoms with van der Waals surface area (Å²) in [6, 6.07) is 3.49. The predicted octanol–water partition coefficient (Wildman–Crippen LogP) is 1.79. The number of hydrogen-bond acceptors (Lipinski definition) is 4. The van der Waals surface area contributed by atoms with Gasteiger partial charge in [-0.1, -0.05) is 0 Å². The fourth-order valence-electron chi connectivity index (χ4n) is 4.94. The summed E-state index contributed by atoms with van der Waals surface area (Å²) >= 11 is 0. The van der Waals surface area contributed by atoms with Crippen LogP contribution in [0.4, 0.5) is 4.39 Å². The van der Waals surface area contributed by atoms with Gasteiger partial charge in [-0.3, -0.25) is 14.9 Å². The minimum atomic E-state index is -0.661. The first kappa shape index (κ1) is 16.0. The maximum absolute atomic E-state index is 14.5. The molecule has 6 heteroatoms. The Kier molecular flexibility index (Phi) is 3.86. The molecule has 1 aliphatic carbocycles. The van der Waals surface area contributed by atoms with E-state index in [-0.39, 0.29) is 11.4 Å². The molecule has 2 N–H and O–H groups in total. The quantitative estimate of drug-likeness (QED) is 0.640. The Morgan fingerprint density at radius 3 is 2.83 bits per heavy atom. The van der Waals surface area contributed by atoms with E-state index in [9.17, 15) is 9.18 Å². The van der Waals surface area contributed by atoms with Crippen molar-refractivity contribution >= 4 is 5.91 Å². The summed E-state index contributed by atoms with van der Waals surface area (Å²) in [6.07, 6.45) is 4.48. The maximum atomic E-state index is 14.5. The van der Waals surface area contributed by atoms with Gasteiger partial charge in [0.15, 0.2) is 0 Å². The molecular weight excluding hydrogens is 309 g/mol. The van der Waals surface area contributed by atoms with Crippen molar-refractivity contribution in [2.75, 3.05) is 26.7 Å². The van der Waals surface area contributed by atoms with Crippen LogP contribution in [0.2, 0.25) is 0 Å². The summed E-state index contributed by atoms with van der Waals surface area (Å²) in [7, 11) is 2.18. The lowest BCUT2D eigenvalue weighted by atomic mass is 9.62. The fourth-order valence-corrected chi connectivity index (χ4v) is 4.94. The number of hydrogen-bond donors (Lipinski definition) is 2. The Balaban J connectivity index is 1.55. The molecule has 1 amide bonds. The van der Waals surface area contributed by atoms with Gasteiger partial charge in [0.2, 0.25) is 0 Å². The van der Waals surface area contributed by atoms with Crippen LogP contribution < -0.4 is 5.48 Å². The Morgan fingerprint density at radius 1 is 1.38 bits per heavy atom. The van der Waals surface area contributed by atoms with E-state index >= 15 is 0 Å². The first-order valence-corrected chi connectivity index (χ1v) is 8.71. The van der Waals surface area contributed by atoms with Crippen molar-refractivity contribution in [1.82, 2.24) is 15.3 Å². The van der Waals surface area contributed by atoms with E-state index in [0.717, 1.165) is 31.6 Å². The molecule has 0 radical (unpaired) electrons. The second kappa shape index (κ2) is 5.79. The third-order valence-electron chi connectivity index (χ3n) is 6.32. The van der Waals surface area contributed by atoms with Crippen molar-refractivity contribution in [3.8, 4) is 0 Å². The zero-order valence-electron chi connectivity index (χ0n) is 14.0. The van der Waals surface area contributed by atoms with Gasteiger partial charge in [0.1, 0.15) is 5.82 Å². The van der Waals surface area contributed by atoms with E-state index in [2.05, 4.69) is 16.8 Å². The smallest absolute Gasteiger partial charge is 0.274 e. The molecule has 0 aromatic heterocycles. The Labute approximate surface area is 141 Å². The van der Waals surface area contributed by atoms with Crippen molar-refractivity contribution in [3.05, 3.63) is 34.6 Å². The van der Waals surface area contributed by atoms with Gasteiger partial charge < -0.3 is 4.90 Å². The van der Waals surface area contributed by atoms with E-state index in [1.165, 1.54) is 25.3 Å². The fraction of sp³-hybridized carbons (Fsp3) is 0.611. The average Bonchev–Trinajstić information content (AvgIpc) is 2.98. The lowest BCUT2D eigenvalue weighted by molar-refractivity contribution is -0.0264. The molecule has 24 heavy (non-hydrogen) atoms. The van der Waals surface area contributed by atoms with Crippen LogP contribution in [-0.2, 0) is 13.0 Å². The van der Waals surface area contributed by atoms with Crippen LogP contribution in [0, 0.1) is 11.2 Å². The Bertz CT molecular complexity index is 680. The molecule has 1 saturated carbocycles. The molecule has 5 nitrogen and oxygen atoms in total. The van der Waals surface area contributed by atoms with Gasteiger partial charge in [-0.25, -0.2) is 9.87 Å². The highest BCUT2D eigenvalue weighted by molar-refractivity contribution is 5.93. The van der Waals surface area contributed by atoms with Crippen LogP contribution in [0.5, 0.6) is 0 Å². The number of halogens is 1. The van der Waals surface area contributed by atoms with E-state index in [0.29, 0.717) is 23.6 Å². The van der Waals surface area contributed by atoms with Crippen molar-refractivity contribution in [2.24, 2.45) is 5.41 Å². The predicted molar refractivity (Wildman–Crippen MR) is 87.3 cm³/mol. The number of carbonyl (C=O) groups is 1. The van der Waals surface area contributed by atoms with Crippen LogP contribution in [0.3, 0.4) is 0 Å². The molecule has 1 spiro atoms. The SMILES string of the molecule is CN1CC[C@@]2(CC[C@@H]2N2CCc3cc(C(=O)NO)cc(F)c3C2)C1. The number of benzene rings is 1. The van der Waals surface area contributed by atoms with Crippen LogP contribution >= 0.6 is 0 Å². The Morgan fingerprint density at radius 2 is 2.21 bits per heavy atom. The summed E-state index contributed by atoms with van der Waals surface area (Å²) in [4.78, 5) is 16.4. The number of likely N-dealkylation sites (tertiary alicyclic amines) is 1. The molecule has 2 atom stereocenters. The zero-order chi connectivity index (χ0) is 16.9. The van der Waals surface area contributed by atoms with Crippen LogP contribution in [0.25, 0.3) is 0 Å². The lowest BCUT2D eigenvalue weighted by Crippen LogP contribution is -2.57. The summed E-state index contributed by atoms with van der Waals surface area (Å²) in [6.45, 7) is 3.85. The minimum Gasteiger partial charge on any atom is -0.306 e. The molecule has 3 aliphatic rings. The first-order chi connectivity index (χ1) is 11.5. The Hall–Kier alpha value is -1.50. The van der Waals surface area contributed by atoms with E-state index in [1.807, 2.05) is 0 Å². The standard InChI is InChI=1S/C18H24FN3O2/c1-21-7-5-18(11-21)4-2-16(18)22-6-3-12-8-13(17(23)20-24)9-15(19)14(12)10-22/h8-9,16,24H,2-7,10-11H2,1H3,(H,20,23)/t16-,18-/m0/s1. The number of carbonyl (C=O) groups excluding carboxylic acids is 1. The summed E-state index contributed by atoms with van der Waals surface area (Å²) < 4.78 is 14.5. The normalized spacial score (nSPS) is 30.2. The number of hydroxylamine groups is 1. The second-order valence-electron chi connectivity index (χ2n) is 7.66. The van der Waals surface area contributed by atoms with Gasteiger partial charge in [-0.2, -0.15) is 0 Å². The molecule has 0 bridgehead atoms. The zero-order valence-corrected chi connectivity index (χ0v) is 14.0. The number of rotatable bonds is 2. The molecule has 0 unspecified atom stereocenters. The van der Waals surface area contributed by atoms with Crippen LogP contribution in [0.15, 0.2) is 12.1 Å². The second-order valence-corrected chi connectivity index (χ2v) is 7.66. The molecular formula is C18H24FN3O2. The van der Waals surface area contributed by atoms with Crippen molar-refractivity contribution in [2.45, 2.75) is 38.3 Å². The van der Waals surface area contributed by atoms with Crippen molar-refractivity contribution in [1.29, 1.82) is 0 Å². The lowest BCUT2D eigenvalue weighted by Gasteiger charge is -2.53. The topological polar surface area (TPSA) is 55.8 Å². The molecule has 1 aromatic carbocycles. The monoisotopic (exact) mass is 333 g/mol. The highest BCUT2D eigenvalue weighted by Gasteiger charge is 2.52. The van der Waals surface area contributed by atoms with Crippen molar-refractivity contribution in [3.63, 3.8) is 0 Å². The van der Waals surface area contributed by atoms with Crippen LogP contribution in [-0.4, -0.2) is 53.6 Å². The summed E-state index contributed by atoms with van der Waals surface area (Å²) in [5.41, 5.74) is 3.76. The van der Waals surface area contributed by atoms with Crippen molar-refractivity contribution < 1.29 is 14.4 Å². The van der Waals surface area contributed by atoms with Gasteiger partial charge in [-0.15, -0.1) is 0 Å². The number of nitrogens with one attached hydrogen (secondary N) is 1. The van der Waals surface area contributed by atoms with Gasteiger partial charge in [-0.05, 0) is 62.4 Å². The van der Waals surface area contributed by atoms with E-state index in [1.54, 1.807) is 11.5 Å². The summed E-state index contributed by atoms with van der Waals surface area (Å²) in [5.74, 6) is -1.00. The molecule has 2 heterocycles. The molecule has 1 aromatic rings. The molecule has 4 rings (SSSR count).